The molecule has 2 saturated heterocycles. The number of aliphatic imine (C=N–C) groups is 1. The summed E-state index contributed by atoms with van der Waals surface area (Å²) < 4.78 is 29.8. The van der Waals surface area contributed by atoms with Crippen LogP contribution in [0.1, 0.15) is 133 Å². The van der Waals surface area contributed by atoms with Gasteiger partial charge in [-0.05, 0) is 88.3 Å². The van der Waals surface area contributed by atoms with E-state index in [-0.39, 0.29) is 119 Å². The summed E-state index contributed by atoms with van der Waals surface area (Å²) in [6.07, 6.45) is 14.1. The first-order valence-electron chi connectivity index (χ1n) is 29.6. The highest BCUT2D eigenvalue weighted by Gasteiger charge is 2.36. The van der Waals surface area contributed by atoms with E-state index in [1.54, 1.807) is 42.9 Å². The summed E-state index contributed by atoms with van der Waals surface area (Å²) in [6.45, 7) is 18.9. The van der Waals surface area contributed by atoms with E-state index in [4.69, 9.17) is 23.7 Å². The van der Waals surface area contributed by atoms with Crippen molar-refractivity contribution in [1.29, 1.82) is 0 Å². The first-order valence-corrected chi connectivity index (χ1v) is 30.1. The zero-order chi connectivity index (χ0) is 63.0. The highest BCUT2D eigenvalue weighted by molar-refractivity contribution is 7.81. The maximum Gasteiger partial charge on any atom is 0.267 e. The molecule has 3 aliphatic rings. The molecule has 2 fully saturated rings. The fourth-order valence-corrected chi connectivity index (χ4v) is 9.11. The van der Waals surface area contributed by atoms with Gasteiger partial charge in [-0.15, -0.1) is 0 Å². The Labute approximate surface area is 511 Å². The number of anilines is 1. The number of carbonyl (C=O) groups excluding carboxylic acids is 8. The minimum atomic E-state index is -0.631. The molecule has 23 heteroatoms. The molecule has 86 heavy (non-hydrogen) atoms. The number of aromatic nitrogens is 1. The van der Waals surface area contributed by atoms with Gasteiger partial charge in [-0.3, -0.25) is 48.2 Å². The van der Waals surface area contributed by atoms with E-state index in [9.17, 15) is 38.4 Å². The molecule has 0 spiro atoms. The highest BCUT2D eigenvalue weighted by Crippen LogP contribution is 2.38. The van der Waals surface area contributed by atoms with Crippen LogP contribution >= 0.6 is 12.6 Å². The summed E-state index contributed by atoms with van der Waals surface area (Å²) in [7, 11) is 3.36. The molecule has 2 atom stereocenters. The Bertz CT molecular complexity index is 2870. The Kier molecular flexibility index (Phi) is 31.5. The number of methoxy groups -OCH3 is 1. The summed E-state index contributed by atoms with van der Waals surface area (Å²) in [5, 5.41) is 13.4. The van der Waals surface area contributed by atoms with E-state index in [0.717, 1.165) is 54.0 Å². The maximum absolute atomic E-state index is 12.9. The topological polar surface area (TPSA) is 267 Å². The zero-order valence-electron chi connectivity index (χ0n) is 51.3. The van der Waals surface area contributed by atoms with Crippen LogP contribution in [0.2, 0.25) is 0 Å². The normalized spacial score (nSPS) is 15.2. The smallest absolute Gasteiger partial charge is 0.267 e. The Morgan fingerprint density at radius 1 is 0.791 bits per heavy atom. The Morgan fingerprint density at radius 2 is 1.50 bits per heavy atom. The van der Waals surface area contributed by atoms with E-state index >= 15 is 0 Å². The molecule has 5 N–H and O–H groups in total. The second-order valence-corrected chi connectivity index (χ2v) is 21.2. The van der Waals surface area contributed by atoms with Crippen molar-refractivity contribution < 1.29 is 62.0 Å². The van der Waals surface area contributed by atoms with E-state index in [1.165, 1.54) is 6.42 Å². The summed E-state index contributed by atoms with van der Waals surface area (Å²) in [5.74, 6) is 0.00482. The average molecular weight is 1210 g/mol. The van der Waals surface area contributed by atoms with E-state index in [1.807, 2.05) is 75.5 Å². The van der Waals surface area contributed by atoms with Gasteiger partial charge >= 0.3 is 0 Å². The molecule has 0 radical (unpaired) electrons. The summed E-state index contributed by atoms with van der Waals surface area (Å²) in [5.41, 5.74) is 5.37. The van der Waals surface area contributed by atoms with Crippen molar-refractivity contribution in [3.63, 3.8) is 0 Å². The lowest BCUT2D eigenvalue weighted by atomic mass is 10.1. The van der Waals surface area contributed by atoms with Crippen LogP contribution in [0.15, 0.2) is 89.4 Å². The number of likely N-dealkylation sites (tertiary alicyclic amines) is 1. The van der Waals surface area contributed by atoms with Crippen LogP contribution in [0.3, 0.4) is 0 Å². The van der Waals surface area contributed by atoms with Crippen molar-refractivity contribution in [2.24, 2.45) is 12.0 Å². The monoisotopic (exact) mass is 1210 g/mol. The van der Waals surface area contributed by atoms with Crippen LogP contribution in [0.4, 0.5) is 11.4 Å². The standard InChI is InChI=1S/C38H52N6O9S.C22H29N3O4.C3H8/c1-5-7-30(24-41-34(46)13-18-51-20-21-52-19-15-39-33(45)12-16-44-35(47)23-32(54)38(44)50)53-17-6-14-40-37(49)31-22-28(25-43(31)4)27-8-10-29(11-9-27)42-36(48)26(2)3;1-4-7-15(2)24-21(26)9-6-11-29-20-13-18-17(12-19(20)28-3)22(27)25-10-5-8-16(25)14-23-18;1-3-2/h7-11,22,25,32,54H,2,5-6,12-21,23-24H2,1,3-4H3,(H,39,45)(H,40,49)(H,41,46)(H,42,48);7,12-14,16H,4-6,8-11H2,1-3H3,(H,24,26);3H2,1-2H3/b30-7+;15-7+;. The molecule has 3 aromatic rings. The lowest BCUT2D eigenvalue weighted by molar-refractivity contribution is -0.138. The van der Waals surface area contributed by atoms with Gasteiger partial charge in [0.2, 0.25) is 29.5 Å². The molecule has 2 unspecified atom stereocenters. The molecule has 1 aromatic heterocycles. The van der Waals surface area contributed by atoms with Crippen LogP contribution in [0.5, 0.6) is 11.5 Å². The molecular formula is C63H89N9O13S. The highest BCUT2D eigenvalue weighted by atomic mass is 32.1. The number of nitrogens with one attached hydrogen (secondary N) is 5. The zero-order valence-corrected chi connectivity index (χ0v) is 52.2. The number of ether oxygens (including phenoxy) is 5. The molecule has 6 rings (SSSR count). The second kappa shape index (κ2) is 38.3. The number of hydrogen-bond donors (Lipinski definition) is 6. The van der Waals surface area contributed by atoms with Crippen LogP contribution in [-0.4, -0.2) is 159 Å². The van der Waals surface area contributed by atoms with Crippen LogP contribution in [0.25, 0.3) is 11.1 Å². The lowest BCUT2D eigenvalue weighted by Gasteiger charge is -2.20. The summed E-state index contributed by atoms with van der Waals surface area (Å²) in [4.78, 5) is 105. The number of fused-ring (bicyclic) bond motifs is 2. The molecule has 8 amide bonds. The van der Waals surface area contributed by atoms with E-state index in [2.05, 4.69) is 64.6 Å². The number of aryl methyl sites for hydroxylation is 1. The van der Waals surface area contributed by atoms with E-state index in [0.29, 0.717) is 84.5 Å². The van der Waals surface area contributed by atoms with Crippen molar-refractivity contribution >= 4 is 77.5 Å². The number of nitrogens with zero attached hydrogens (tertiary/aromatic N) is 4. The minimum Gasteiger partial charge on any atom is -0.496 e. The quantitative estimate of drug-likeness (QED) is 0.0115. The predicted octanol–water partition coefficient (Wildman–Crippen LogP) is 7.76. The fourth-order valence-electron chi connectivity index (χ4n) is 8.81. The number of thiol groups is 1. The molecule has 2 aromatic carbocycles. The van der Waals surface area contributed by atoms with Crippen molar-refractivity contribution in [3.8, 4) is 22.6 Å². The number of rotatable bonds is 32. The number of allylic oxidation sites excluding steroid dienone is 3. The predicted molar refractivity (Wildman–Crippen MR) is 335 cm³/mol. The van der Waals surface area contributed by atoms with Gasteiger partial charge in [-0.2, -0.15) is 12.6 Å². The summed E-state index contributed by atoms with van der Waals surface area (Å²) >= 11 is 4.06. The van der Waals surface area contributed by atoms with Gasteiger partial charge < -0.3 is 59.7 Å². The van der Waals surface area contributed by atoms with Gasteiger partial charge in [0.15, 0.2) is 11.5 Å². The molecule has 0 saturated carbocycles. The molecule has 3 aliphatic heterocycles. The van der Waals surface area contributed by atoms with Crippen LogP contribution < -0.4 is 36.1 Å². The van der Waals surface area contributed by atoms with Crippen LogP contribution in [-0.2, 0) is 50.0 Å². The largest absolute Gasteiger partial charge is 0.496 e. The Morgan fingerprint density at radius 3 is 2.17 bits per heavy atom. The van der Waals surface area contributed by atoms with Gasteiger partial charge in [0, 0.05) is 99.9 Å². The maximum atomic E-state index is 12.9. The first kappa shape index (κ1) is 70.7. The Hall–Kier alpha value is -7.76. The third kappa shape index (κ3) is 24.0. The minimum absolute atomic E-state index is 0.0156. The fraction of sp³-hybridized carbons (Fsp3) is 0.508. The van der Waals surface area contributed by atoms with Crippen molar-refractivity contribution in [2.45, 2.75) is 123 Å². The number of amides is 8. The third-order valence-electron chi connectivity index (χ3n) is 13.2. The number of hydrogen-bond acceptors (Lipinski definition) is 15. The van der Waals surface area contributed by atoms with Crippen molar-refractivity contribution in [2.75, 3.05) is 84.8 Å². The third-order valence-corrected chi connectivity index (χ3v) is 13.6. The first-order chi connectivity index (χ1) is 41.3. The van der Waals surface area contributed by atoms with Gasteiger partial charge in [0.1, 0.15) is 11.5 Å². The number of carbonyl (C=O) groups is 8. The number of imide groups is 1. The summed E-state index contributed by atoms with van der Waals surface area (Å²) in [6, 6.07) is 12.7. The molecule has 22 nitrogen and oxygen atoms in total. The van der Waals surface area contributed by atoms with Gasteiger partial charge in [-0.25, -0.2) is 0 Å². The van der Waals surface area contributed by atoms with Crippen molar-refractivity contribution in [3.05, 3.63) is 95.7 Å². The second-order valence-electron chi connectivity index (χ2n) is 20.5. The molecule has 0 aliphatic carbocycles. The lowest BCUT2D eigenvalue weighted by Crippen LogP contribution is -2.36. The van der Waals surface area contributed by atoms with Gasteiger partial charge in [0.25, 0.3) is 17.7 Å². The average Bonchev–Trinajstić information content (AvgIpc) is 4.20. The molecule has 4 heterocycles. The van der Waals surface area contributed by atoms with Gasteiger partial charge in [-0.1, -0.05) is 58.9 Å². The molecular weight excluding hydrogens is 1120 g/mol. The number of benzene rings is 2. The van der Waals surface area contributed by atoms with E-state index < -0.39 is 5.25 Å². The van der Waals surface area contributed by atoms with Crippen LogP contribution in [0, 0.1) is 0 Å². The Balaban J connectivity index is 0.000000413. The molecule has 470 valence electrons. The van der Waals surface area contributed by atoms with Gasteiger partial charge in [0.05, 0.1) is 75.8 Å². The van der Waals surface area contributed by atoms with Crippen molar-refractivity contribution in [1.82, 2.24) is 35.6 Å². The molecule has 0 bridgehead atoms. The SMILES string of the molecule is C=C(C)C(=O)Nc1ccc(-c2cc(C(=O)NCCCO/C(=C/CC)CNC(=O)CCOCCOCCNC(=O)CCN3C(=O)CC(S)C3=O)n(C)c2)cc1.CC/C=C(\C)NC(=O)CCCOc1cc2c(cc1OC)C(=O)N1CCCC1C=N2.CCC.